The van der Waals surface area contributed by atoms with Crippen molar-refractivity contribution >= 4 is 38.6 Å². The van der Waals surface area contributed by atoms with Crippen LogP contribution in [-0.2, 0) is 32.4 Å². The van der Waals surface area contributed by atoms with Crippen LogP contribution in [0.2, 0.25) is 0 Å². The highest BCUT2D eigenvalue weighted by Crippen LogP contribution is 2.42. The molecule has 0 spiro atoms. The van der Waals surface area contributed by atoms with Crippen LogP contribution in [0.25, 0.3) is 31.9 Å². The molecule has 228 valence electrons. The van der Waals surface area contributed by atoms with E-state index in [1.807, 2.05) is 18.2 Å². The molecular formula is C30H31F3N4O4S2. The fraction of sp³-hybridized carbons (Fsp3) is 0.400. The van der Waals surface area contributed by atoms with Crippen molar-refractivity contribution in [3.63, 3.8) is 0 Å². The van der Waals surface area contributed by atoms with Crippen molar-refractivity contribution in [2.75, 3.05) is 0 Å². The third-order valence-corrected chi connectivity index (χ3v) is 10.3. The quantitative estimate of drug-likeness (QED) is 0.188. The van der Waals surface area contributed by atoms with E-state index in [-0.39, 0.29) is 10.3 Å². The summed E-state index contributed by atoms with van der Waals surface area (Å²) in [6, 6.07) is 7.94. The second kappa shape index (κ2) is 11.9. The number of alkyl halides is 3. The van der Waals surface area contributed by atoms with E-state index >= 15 is 0 Å². The molecule has 8 nitrogen and oxygen atoms in total. The Kier molecular flexibility index (Phi) is 8.61. The molecule has 1 atom stereocenters. The zero-order valence-corrected chi connectivity index (χ0v) is 25.4. The van der Waals surface area contributed by atoms with Crippen LogP contribution >= 0.6 is 11.3 Å². The first-order valence-electron chi connectivity index (χ1n) is 13.8. The molecule has 0 aliphatic heterocycles. The normalized spacial score (nSPS) is 15.3. The number of sulfonamides is 1. The van der Waals surface area contributed by atoms with Crippen LogP contribution in [0.3, 0.4) is 0 Å². The Balaban J connectivity index is 1.59. The van der Waals surface area contributed by atoms with E-state index in [1.165, 1.54) is 29.8 Å². The van der Waals surface area contributed by atoms with Crippen molar-refractivity contribution in [2.45, 2.75) is 75.6 Å². The Labute approximate surface area is 251 Å². The van der Waals surface area contributed by atoms with Crippen LogP contribution in [0, 0.1) is 5.92 Å². The molecule has 0 bridgehead atoms. The Hall–Kier alpha value is -3.42. The summed E-state index contributed by atoms with van der Waals surface area (Å²) >= 11 is 1.43. The Morgan fingerprint density at radius 3 is 2.56 bits per heavy atom. The fourth-order valence-electron chi connectivity index (χ4n) is 5.05. The van der Waals surface area contributed by atoms with Gasteiger partial charge < -0.3 is 4.74 Å². The number of aromatic nitrogens is 3. The zero-order valence-electron chi connectivity index (χ0n) is 23.8. The number of ether oxygens (including phenoxy) is 1. The van der Waals surface area contributed by atoms with Crippen LogP contribution in [0.5, 0.6) is 0 Å². The van der Waals surface area contributed by atoms with Crippen LogP contribution in [0.1, 0.15) is 51.4 Å². The summed E-state index contributed by atoms with van der Waals surface area (Å²) in [5.41, 5.74) is 2.22. The number of hydrogen-bond acceptors (Lipinski definition) is 8. The van der Waals surface area contributed by atoms with Crippen LogP contribution < -0.4 is 4.72 Å². The van der Waals surface area contributed by atoms with Crippen LogP contribution in [0.15, 0.2) is 53.7 Å². The van der Waals surface area contributed by atoms with Gasteiger partial charge in [-0.3, -0.25) is 14.8 Å². The third kappa shape index (κ3) is 6.89. The Morgan fingerprint density at radius 1 is 1.12 bits per heavy atom. The van der Waals surface area contributed by atoms with Crippen molar-refractivity contribution < 1.29 is 31.1 Å². The van der Waals surface area contributed by atoms with Gasteiger partial charge in [-0.25, -0.2) is 13.4 Å². The number of carbonyl (C=O) groups excluding carboxylic acids is 1. The van der Waals surface area contributed by atoms with Gasteiger partial charge in [0.15, 0.2) is 0 Å². The molecule has 5 rings (SSSR count). The number of thiazole rings is 1. The molecule has 0 amide bonds. The lowest BCUT2D eigenvalue weighted by Crippen LogP contribution is -2.43. The predicted octanol–water partition coefficient (Wildman–Crippen LogP) is 6.49. The van der Waals surface area contributed by atoms with E-state index in [0.29, 0.717) is 34.9 Å². The highest BCUT2D eigenvalue weighted by atomic mass is 32.2. The summed E-state index contributed by atoms with van der Waals surface area (Å²) in [6.45, 7) is 4.79. The average molecular weight is 633 g/mol. The van der Waals surface area contributed by atoms with Crippen molar-refractivity contribution in [1.82, 2.24) is 19.7 Å². The Morgan fingerprint density at radius 2 is 1.88 bits per heavy atom. The van der Waals surface area contributed by atoms with E-state index in [4.69, 9.17) is 14.7 Å². The van der Waals surface area contributed by atoms with E-state index in [9.17, 15) is 26.4 Å². The molecule has 1 saturated carbocycles. The molecule has 4 aromatic rings. The monoisotopic (exact) mass is 632 g/mol. The van der Waals surface area contributed by atoms with E-state index in [0.717, 1.165) is 54.4 Å². The van der Waals surface area contributed by atoms with Gasteiger partial charge in [0, 0.05) is 35.5 Å². The van der Waals surface area contributed by atoms with Crippen LogP contribution in [-0.4, -0.2) is 47.7 Å². The smallest absolute Gasteiger partial charge is 0.404 e. The van der Waals surface area contributed by atoms with Crippen molar-refractivity contribution in [3.05, 3.63) is 60.2 Å². The first-order chi connectivity index (χ1) is 20.3. The predicted molar refractivity (Wildman–Crippen MR) is 158 cm³/mol. The van der Waals surface area contributed by atoms with Gasteiger partial charge in [0.05, 0.1) is 21.2 Å². The number of fused-ring (bicyclic) bond motifs is 1. The van der Waals surface area contributed by atoms with E-state index in [2.05, 4.69) is 4.98 Å². The van der Waals surface area contributed by atoms with Gasteiger partial charge in [-0.05, 0) is 62.8 Å². The first-order valence-corrected chi connectivity index (χ1v) is 16.1. The summed E-state index contributed by atoms with van der Waals surface area (Å²) in [6.07, 6.45) is 2.63. The fourth-order valence-corrected chi connectivity index (χ4v) is 7.57. The summed E-state index contributed by atoms with van der Waals surface area (Å²) < 4.78 is 72.7. The lowest BCUT2D eigenvalue weighted by molar-refractivity contribution is -0.147. The summed E-state index contributed by atoms with van der Waals surface area (Å²) in [5, 5.41) is 1.43. The highest BCUT2D eigenvalue weighted by Gasteiger charge is 2.39. The third-order valence-electron chi connectivity index (χ3n) is 7.54. The molecule has 0 saturated heterocycles. The minimum absolute atomic E-state index is 0.212. The maximum Gasteiger partial charge on any atom is 0.404 e. The number of pyridine rings is 2. The van der Waals surface area contributed by atoms with E-state index in [1.54, 1.807) is 30.7 Å². The van der Waals surface area contributed by atoms with Gasteiger partial charge in [-0.15, -0.1) is 11.3 Å². The van der Waals surface area contributed by atoms with Gasteiger partial charge in [0.2, 0.25) is 10.0 Å². The highest BCUT2D eigenvalue weighted by molar-refractivity contribution is 7.89. The number of halogens is 3. The Bertz CT molecular complexity index is 1750. The molecule has 13 heteroatoms. The van der Waals surface area contributed by atoms with Gasteiger partial charge in [0.1, 0.15) is 16.7 Å². The molecule has 0 unspecified atom stereocenters. The molecule has 1 fully saturated rings. The number of nitrogens with zero attached hydrogens (tertiary/aromatic N) is 3. The molecule has 1 aliphatic rings. The summed E-state index contributed by atoms with van der Waals surface area (Å²) in [4.78, 5) is 25.3. The molecule has 3 aromatic heterocycles. The first kappa shape index (κ1) is 31.0. The lowest BCUT2D eigenvalue weighted by Gasteiger charge is -2.24. The van der Waals surface area contributed by atoms with Crippen molar-refractivity contribution in [3.8, 4) is 21.1 Å². The average Bonchev–Trinajstić information content (AvgIpc) is 3.33. The van der Waals surface area contributed by atoms with E-state index < -0.39 is 27.8 Å². The van der Waals surface area contributed by atoms with Gasteiger partial charge >= 0.3 is 6.18 Å². The second-order valence-corrected chi connectivity index (χ2v) is 14.1. The summed E-state index contributed by atoms with van der Waals surface area (Å²) in [5.74, 6) is 0.481. The number of hydrogen-bond donors (Lipinski definition) is 1. The molecule has 43 heavy (non-hydrogen) atoms. The zero-order chi connectivity index (χ0) is 31.0. The number of benzene rings is 1. The minimum atomic E-state index is -4.74. The molecular weight excluding hydrogens is 601 g/mol. The molecule has 1 aliphatic carbocycles. The molecule has 0 radical (unpaired) electrons. The van der Waals surface area contributed by atoms with Gasteiger partial charge in [-0.1, -0.05) is 31.4 Å². The molecule has 3 heterocycles. The van der Waals surface area contributed by atoms with Gasteiger partial charge in [-0.2, -0.15) is 17.9 Å². The SMILES string of the molecule is C[C@H](NS(=O)(=O)c1ccc(-c2sc(-c3cccc(CC(C)(C)OC=O)n3)nc2CC2CCC2)c2ccncc12)C(F)(F)F. The topological polar surface area (TPSA) is 111 Å². The maximum absolute atomic E-state index is 13.2. The van der Waals surface area contributed by atoms with Gasteiger partial charge in [0.25, 0.3) is 6.47 Å². The largest absolute Gasteiger partial charge is 0.461 e. The minimum Gasteiger partial charge on any atom is -0.461 e. The number of carbonyl (C=O) groups is 1. The van der Waals surface area contributed by atoms with Crippen molar-refractivity contribution in [1.29, 1.82) is 0 Å². The number of rotatable bonds is 11. The second-order valence-electron chi connectivity index (χ2n) is 11.4. The molecule has 1 aromatic carbocycles. The van der Waals surface area contributed by atoms with Crippen molar-refractivity contribution in [2.24, 2.45) is 5.92 Å². The summed E-state index contributed by atoms with van der Waals surface area (Å²) in [7, 11) is -4.52. The number of nitrogens with one attached hydrogen (secondary N) is 1. The van der Waals surface area contributed by atoms with Crippen LogP contribution in [0.4, 0.5) is 13.2 Å². The lowest BCUT2D eigenvalue weighted by atomic mass is 9.81. The molecule has 1 N–H and O–H groups in total. The maximum atomic E-state index is 13.2. The standard InChI is InChI=1S/C30H31F3N4O4S2/c1-18(30(31,32)33)37-43(39,40)26-11-10-22(21-12-13-34-16-23(21)26)27-25(14-19-6-4-7-19)36-28(42-27)24-9-5-8-20(35-24)15-29(2,3)41-17-38/h5,8-13,16-19,37H,4,6-7,14-15H2,1-3H3/t18-/m0/s1.